The maximum Gasteiger partial charge on any atom is 0.190 e. The third-order valence-electron chi connectivity index (χ3n) is 4.73. The molecule has 0 spiro atoms. The average molecular weight is 459 g/mol. The Morgan fingerprint density at radius 2 is 2.08 bits per heavy atom. The van der Waals surface area contributed by atoms with Crippen LogP contribution < -0.4 is 10.6 Å². The Morgan fingerprint density at radius 3 is 2.80 bits per heavy atom. The van der Waals surface area contributed by atoms with Crippen LogP contribution in [0.4, 0.5) is 0 Å². The molecule has 1 atom stereocenters. The fourth-order valence-corrected chi connectivity index (χ4v) is 3.21. The van der Waals surface area contributed by atoms with E-state index in [1.54, 1.807) is 0 Å². The van der Waals surface area contributed by atoms with Crippen molar-refractivity contribution in [2.45, 2.75) is 51.5 Å². The summed E-state index contributed by atoms with van der Waals surface area (Å²) >= 11 is 0. The van der Waals surface area contributed by atoms with Crippen LogP contribution in [0.15, 0.2) is 29.4 Å². The van der Waals surface area contributed by atoms with Gasteiger partial charge in [0.2, 0.25) is 0 Å². The summed E-state index contributed by atoms with van der Waals surface area (Å²) in [5, 5.41) is 6.76. The number of pyridine rings is 1. The molecule has 0 saturated carbocycles. The number of guanidine groups is 1. The molecule has 2 rings (SSSR count). The van der Waals surface area contributed by atoms with E-state index in [4.69, 9.17) is 0 Å². The minimum absolute atomic E-state index is 0. The van der Waals surface area contributed by atoms with E-state index in [0.717, 1.165) is 37.2 Å². The number of rotatable bonds is 8. The van der Waals surface area contributed by atoms with Crippen molar-refractivity contribution in [3.63, 3.8) is 0 Å². The minimum atomic E-state index is 0. The lowest BCUT2D eigenvalue weighted by Gasteiger charge is -2.33. The van der Waals surface area contributed by atoms with Crippen LogP contribution in [0.2, 0.25) is 0 Å². The Labute approximate surface area is 170 Å². The number of unbranched alkanes of at least 4 members (excludes halogenated alkanes) is 1. The standard InChI is InChI=1S/C19H33N5.HI/c1-17-9-4-7-15-24(17)16-8-6-13-22-19(20-2)23-14-11-18-10-3-5-12-21-18;/h3,5,10,12,17H,4,6-9,11,13-16H2,1-2H3,(H2,20,22,23);1H. The molecule has 2 heterocycles. The van der Waals surface area contributed by atoms with Gasteiger partial charge in [0.1, 0.15) is 0 Å². The number of nitrogens with one attached hydrogen (secondary N) is 2. The van der Waals surface area contributed by atoms with E-state index in [-0.39, 0.29) is 24.0 Å². The van der Waals surface area contributed by atoms with Crippen LogP contribution in [0.25, 0.3) is 0 Å². The molecule has 6 heteroatoms. The molecule has 1 aliphatic heterocycles. The van der Waals surface area contributed by atoms with Gasteiger partial charge in [-0.25, -0.2) is 0 Å². The van der Waals surface area contributed by atoms with Gasteiger partial charge in [-0.1, -0.05) is 12.5 Å². The van der Waals surface area contributed by atoms with Crippen LogP contribution in [0.3, 0.4) is 0 Å². The first kappa shape index (κ1) is 22.2. The zero-order valence-electron chi connectivity index (χ0n) is 15.7. The number of likely N-dealkylation sites (tertiary alicyclic amines) is 1. The smallest absolute Gasteiger partial charge is 0.190 e. The highest BCUT2D eigenvalue weighted by atomic mass is 127. The normalized spacial score (nSPS) is 18.5. The molecule has 1 aromatic rings. The first-order chi connectivity index (χ1) is 11.8. The Morgan fingerprint density at radius 1 is 1.24 bits per heavy atom. The summed E-state index contributed by atoms with van der Waals surface area (Å²) in [7, 11) is 1.82. The monoisotopic (exact) mass is 459 g/mol. The Kier molecular flexibility index (Phi) is 11.8. The SMILES string of the molecule is CN=C(NCCCCN1CCCCC1C)NCCc1ccccn1.I. The minimum Gasteiger partial charge on any atom is -0.356 e. The molecular formula is C19H34IN5. The zero-order chi connectivity index (χ0) is 17.0. The summed E-state index contributed by atoms with van der Waals surface area (Å²) in [6, 6.07) is 6.80. The van der Waals surface area contributed by atoms with E-state index < -0.39 is 0 Å². The third kappa shape index (κ3) is 8.85. The number of piperidine rings is 1. The van der Waals surface area contributed by atoms with E-state index >= 15 is 0 Å². The highest BCUT2D eigenvalue weighted by Crippen LogP contribution is 2.16. The predicted octanol–water partition coefficient (Wildman–Crippen LogP) is 3.06. The van der Waals surface area contributed by atoms with Crippen LogP contribution in [-0.2, 0) is 6.42 Å². The second kappa shape index (κ2) is 13.3. The number of hydrogen-bond acceptors (Lipinski definition) is 3. The maximum atomic E-state index is 4.33. The Balaban J connectivity index is 0.00000312. The maximum absolute atomic E-state index is 4.33. The number of aromatic nitrogens is 1. The molecule has 0 radical (unpaired) electrons. The van der Waals surface area contributed by atoms with Crippen LogP contribution in [-0.4, -0.2) is 55.1 Å². The van der Waals surface area contributed by atoms with Gasteiger partial charge in [-0.15, -0.1) is 24.0 Å². The molecule has 5 nitrogen and oxygen atoms in total. The van der Waals surface area contributed by atoms with Crippen molar-refractivity contribution < 1.29 is 0 Å². The largest absolute Gasteiger partial charge is 0.356 e. The van der Waals surface area contributed by atoms with Crippen LogP contribution in [0.5, 0.6) is 0 Å². The third-order valence-corrected chi connectivity index (χ3v) is 4.73. The molecule has 1 aliphatic rings. The molecule has 0 amide bonds. The number of hydrogen-bond donors (Lipinski definition) is 2. The molecule has 1 saturated heterocycles. The molecule has 0 aromatic carbocycles. The van der Waals surface area contributed by atoms with E-state index in [1.165, 1.54) is 45.2 Å². The number of nitrogens with zero attached hydrogens (tertiary/aromatic N) is 3. The summed E-state index contributed by atoms with van der Waals surface area (Å²) in [6.45, 7) is 6.71. The van der Waals surface area contributed by atoms with E-state index in [2.05, 4.69) is 38.5 Å². The topological polar surface area (TPSA) is 52.6 Å². The van der Waals surface area contributed by atoms with Gasteiger partial charge in [0.05, 0.1) is 0 Å². The summed E-state index contributed by atoms with van der Waals surface area (Å²) in [6.07, 6.45) is 9.33. The molecule has 2 N–H and O–H groups in total. The van der Waals surface area contributed by atoms with E-state index in [9.17, 15) is 0 Å². The molecule has 1 aromatic heterocycles. The highest BCUT2D eigenvalue weighted by molar-refractivity contribution is 14.0. The lowest BCUT2D eigenvalue weighted by molar-refractivity contribution is 0.158. The van der Waals surface area contributed by atoms with Crippen LogP contribution >= 0.6 is 24.0 Å². The van der Waals surface area contributed by atoms with Gasteiger partial charge < -0.3 is 15.5 Å². The van der Waals surface area contributed by atoms with Gasteiger partial charge in [-0.05, 0) is 57.8 Å². The van der Waals surface area contributed by atoms with E-state index in [0.29, 0.717) is 0 Å². The average Bonchev–Trinajstić information content (AvgIpc) is 2.62. The van der Waals surface area contributed by atoms with Crippen LogP contribution in [0.1, 0.15) is 44.7 Å². The molecule has 1 fully saturated rings. The molecule has 142 valence electrons. The quantitative estimate of drug-likeness (QED) is 0.272. The number of halogens is 1. The lowest BCUT2D eigenvalue weighted by atomic mass is 10.0. The Hall–Kier alpha value is -0.890. The molecule has 0 aliphatic carbocycles. The molecule has 0 bridgehead atoms. The summed E-state index contributed by atoms with van der Waals surface area (Å²) in [5.41, 5.74) is 1.11. The van der Waals surface area contributed by atoms with Crippen molar-refractivity contribution in [3.8, 4) is 0 Å². The lowest BCUT2D eigenvalue weighted by Crippen LogP contribution is -2.40. The van der Waals surface area contributed by atoms with Gasteiger partial charge in [0.15, 0.2) is 5.96 Å². The number of aliphatic imine (C=N–C) groups is 1. The first-order valence-electron chi connectivity index (χ1n) is 9.38. The Bertz CT molecular complexity index is 480. The highest BCUT2D eigenvalue weighted by Gasteiger charge is 2.16. The predicted molar refractivity (Wildman–Crippen MR) is 117 cm³/mol. The first-order valence-corrected chi connectivity index (χ1v) is 9.38. The van der Waals surface area contributed by atoms with Crippen molar-refractivity contribution >= 4 is 29.9 Å². The summed E-state index contributed by atoms with van der Waals surface area (Å²) in [4.78, 5) is 11.3. The van der Waals surface area contributed by atoms with Gasteiger partial charge in [0.25, 0.3) is 0 Å². The fourth-order valence-electron chi connectivity index (χ4n) is 3.21. The van der Waals surface area contributed by atoms with Crippen LogP contribution in [0, 0.1) is 0 Å². The zero-order valence-corrected chi connectivity index (χ0v) is 18.0. The van der Waals surface area contributed by atoms with Gasteiger partial charge in [-0.3, -0.25) is 9.98 Å². The fraction of sp³-hybridized carbons (Fsp3) is 0.684. The van der Waals surface area contributed by atoms with Crippen molar-refractivity contribution in [1.29, 1.82) is 0 Å². The summed E-state index contributed by atoms with van der Waals surface area (Å²) in [5.74, 6) is 0.886. The molecular weight excluding hydrogens is 425 g/mol. The second-order valence-electron chi connectivity index (χ2n) is 6.58. The molecule has 25 heavy (non-hydrogen) atoms. The van der Waals surface area contributed by atoms with Crippen molar-refractivity contribution in [3.05, 3.63) is 30.1 Å². The van der Waals surface area contributed by atoms with Gasteiger partial charge in [0, 0.05) is 44.5 Å². The van der Waals surface area contributed by atoms with Crippen molar-refractivity contribution in [2.75, 3.05) is 33.2 Å². The van der Waals surface area contributed by atoms with Gasteiger partial charge in [-0.2, -0.15) is 0 Å². The van der Waals surface area contributed by atoms with Gasteiger partial charge >= 0.3 is 0 Å². The van der Waals surface area contributed by atoms with Crippen molar-refractivity contribution in [2.24, 2.45) is 4.99 Å². The van der Waals surface area contributed by atoms with E-state index in [1.807, 2.05) is 25.4 Å². The second-order valence-corrected chi connectivity index (χ2v) is 6.58. The summed E-state index contributed by atoms with van der Waals surface area (Å²) < 4.78 is 0. The van der Waals surface area contributed by atoms with Crippen molar-refractivity contribution in [1.82, 2.24) is 20.5 Å². The molecule has 1 unspecified atom stereocenters.